The van der Waals surface area contributed by atoms with E-state index < -0.39 is 0 Å². The van der Waals surface area contributed by atoms with Crippen LogP contribution in [-0.4, -0.2) is 38.5 Å². The molecule has 1 fully saturated rings. The fraction of sp³-hybridized carbons (Fsp3) is 0.529. The largest absolute Gasteiger partial charge is 0.447 e. The molecular formula is C17H24N6O2. The molecule has 2 aromatic heterocycles. The van der Waals surface area contributed by atoms with E-state index in [2.05, 4.69) is 34.2 Å². The first-order chi connectivity index (χ1) is 12.0. The number of ether oxygens (including phenoxy) is 1. The zero-order chi connectivity index (χ0) is 18.0. The first-order valence-electron chi connectivity index (χ1n) is 8.58. The van der Waals surface area contributed by atoms with Gasteiger partial charge in [0.25, 0.3) is 0 Å². The Labute approximate surface area is 147 Å². The summed E-state index contributed by atoms with van der Waals surface area (Å²) >= 11 is 0. The summed E-state index contributed by atoms with van der Waals surface area (Å²) in [7, 11) is 0. The number of aryl methyl sites for hydroxylation is 1. The summed E-state index contributed by atoms with van der Waals surface area (Å²) in [6.45, 7) is 9.38. The SMILES string of the molecule is CCn1nccc1[C@@H](C)Nc1nccc(N2C(=O)OC[C@@H]2C(C)C)n1. The van der Waals surface area contributed by atoms with Crippen molar-refractivity contribution in [2.75, 3.05) is 16.8 Å². The van der Waals surface area contributed by atoms with Gasteiger partial charge in [-0.1, -0.05) is 13.8 Å². The number of carbonyl (C=O) groups is 1. The number of anilines is 2. The maximum Gasteiger partial charge on any atom is 0.415 e. The first kappa shape index (κ1) is 17.2. The minimum absolute atomic E-state index is 0.0101. The van der Waals surface area contributed by atoms with Gasteiger partial charge in [0.2, 0.25) is 5.95 Å². The van der Waals surface area contributed by atoms with Gasteiger partial charge in [0.1, 0.15) is 12.4 Å². The highest BCUT2D eigenvalue weighted by molar-refractivity contribution is 5.89. The Morgan fingerprint density at radius 1 is 1.32 bits per heavy atom. The van der Waals surface area contributed by atoms with Crippen molar-refractivity contribution in [3.05, 3.63) is 30.2 Å². The van der Waals surface area contributed by atoms with E-state index in [1.54, 1.807) is 23.4 Å². The van der Waals surface area contributed by atoms with E-state index in [0.717, 1.165) is 12.2 Å². The molecule has 25 heavy (non-hydrogen) atoms. The van der Waals surface area contributed by atoms with Gasteiger partial charge in [-0.25, -0.2) is 9.78 Å². The van der Waals surface area contributed by atoms with Gasteiger partial charge in [-0.15, -0.1) is 0 Å². The maximum atomic E-state index is 12.1. The molecule has 1 N–H and O–H groups in total. The molecule has 0 aliphatic carbocycles. The van der Waals surface area contributed by atoms with Crippen molar-refractivity contribution < 1.29 is 9.53 Å². The number of amides is 1. The molecule has 8 heteroatoms. The summed E-state index contributed by atoms with van der Waals surface area (Å²) in [6, 6.07) is 3.67. The van der Waals surface area contributed by atoms with Crippen LogP contribution in [0.3, 0.4) is 0 Å². The van der Waals surface area contributed by atoms with E-state index in [0.29, 0.717) is 18.4 Å². The number of cyclic esters (lactones) is 1. The molecule has 0 saturated carbocycles. The molecule has 1 aliphatic rings. The van der Waals surface area contributed by atoms with Crippen molar-refractivity contribution in [1.82, 2.24) is 19.7 Å². The van der Waals surface area contributed by atoms with Crippen LogP contribution in [0.25, 0.3) is 0 Å². The summed E-state index contributed by atoms with van der Waals surface area (Å²) < 4.78 is 7.12. The van der Waals surface area contributed by atoms with E-state index >= 15 is 0 Å². The van der Waals surface area contributed by atoms with Crippen molar-refractivity contribution >= 4 is 17.9 Å². The first-order valence-corrected chi connectivity index (χ1v) is 8.58. The molecule has 134 valence electrons. The van der Waals surface area contributed by atoms with E-state index in [1.165, 1.54) is 0 Å². The van der Waals surface area contributed by atoms with Gasteiger partial charge in [-0.3, -0.25) is 9.58 Å². The molecule has 0 spiro atoms. The lowest BCUT2D eigenvalue weighted by atomic mass is 10.0. The van der Waals surface area contributed by atoms with E-state index in [4.69, 9.17) is 4.74 Å². The summed E-state index contributed by atoms with van der Waals surface area (Å²) in [5, 5.41) is 7.56. The van der Waals surface area contributed by atoms with Crippen molar-refractivity contribution in [1.29, 1.82) is 0 Å². The van der Waals surface area contributed by atoms with Crippen molar-refractivity contribution in [3.63, 3.8) is 0 Å². The molecule has 1 saturated heterocycles. The number of carbonyl (C=O) groups excluding carboxylic acids is 1. The average molecular weight is 344 g/mol. The van der Waals surface area contributed by atoms with Crippen LogP contribution in [0.1, 0.15) is 39.4 Å². The number of aromatic nitrogens is 4. The number of hydrogen-bond acceptors (Lipinski definition) is 6. The summed E-state index contributed by atoms with van der Waals surface area (Å²) in [5.41, 5.74) is 1.05. The number of rotatable bonds is 6. The van der Waals surface area contributed by atoms with E-state index in [9.17, 15) is 4.79 Å². The minimum Gasteiger partial charge on any atom is -0.447 e. The second-order valence-electron chi connectivity index (χ2n) is 6.43. The number of nitrogens with zero attached hydrogens (tertiary/aromatic N) is 5. The Kier molecular flexibility index (Phi) is 4.87. The minimum atomic E-state index is -0.361. The maximum absolute atomic E-state index is 12.1. The van der Waals surface area contributed by atoms with Crippen LogP contribution in [0.4, 0.5) is 16.6 Å². The lowest BCUT2D eigenvalue weighted by Crippen LogP contribution is -2.37. The fourth-order valence-electron chi connectivity index (χ4n) is 2.99. The molecule has 2 aromatic rings. The Bertz CT molecular complexity index is 744. The summed E-state index contributed by atoms with van der Waals surface area (Å²) in [6.07, 6.45) is 3.07. The van der Waals surface area contributed by atoms with E-state index in [-0.39, 0.29) is 24.1 Å². The summed E-state index contributed by atoms with van der Waals surface area (Å²) in [4.78, 5) is 22.5. The van der Waals surface area contributed by atoms with Crippen LogP contribution in [0.2, 0.25) is 0 Å². The molecular weight excluding hydrogens is 320 g/mol. The van der Waals surface area contributed by atoms with Crippen molar-refractivity contribution in [3.8, 4) is 0 Å². The van der Waals surface area contributed by atoms with Crippen molar-refractivity contribution in [2.45, 2.75) is 46.3 Å². The fourth-order valence-corrected chi connectivity index (χ4v) is 2.99. The monoisotopic (exact) mass is 344 g/mol. The van der Waals surface area contributed by atoms with Crippen LogP contribution in [0.15, 0.2) is 24.5 Å². The topological polar surface area (TPSA) is 85.2 Å². The molecule has 0 unspecified atom stereocenters. The van der Waals surface area contributed by atoms with Crippen molar-refractivity contribution in [2.24, 2.45) is 5.92 Å². The second-order valence-corrected chi connectivity index (χ2v) is 6.43. The highest BCUT2D eigenvalue weighted by Crippen LogP contribution is 2.26. The lowest BCUT2D eigenvalue weighted by Gasteiger charge is -2.23. The molecule has 1 amide bonds. The Hall–Kier alpha value is -2.64. The Morgan fingerprint density at radius 3 is 2.84 bits per heavy atom. The Morgan fingerprint density at radius 2 is 2.12 bits per heavy atom. The quantitative estimate of drug-likeness (QED) is 0.867. The zero-order valence-corrected chi connectivity index (χ0v) is 15.0. The van der Waals surface area contributed by atoms with Crippen LogP contribution in [0, 0.1) is 5.92 Å². The predicted molar refractivity (Wildman–Crippen MR) is 94.4 cm³/mol. The standard InChI is InChI=1S/C17H24N6O2/c1-5-22-13(6-9-19-22)12(4)20-16-18-8-7-15(21-16)23-14(11(2)3)10-25-17(23)24/h6-9,11-12,14H,5,10H2,1-4H3,(H,18,20,21)/t12-,14-/m1/s1. The van der Waals surface area contributed by atoms with Gasteiger partial charge in [0.15, 0.2) is 0 Å². The number of hydrogen-bond donors (Lipinski definition) is 1. The highest BCUT2D eigenvalue weighted by atomic mass is 16.6. The molecule has 2 atom stereocenters. The van der Waals surface area contributed by atoms with Gasteiger partial charge < -0.3 is 10.1 Å². The predicted octanol–water partition coefficient (Wildman–Crippen LogP) is 2.85. The average Bonchev–Trinajstić information content (AvgIpc) is 3.21. The van der Waals surface area contributed by atoms with Gasteiger partial charge in [0, 0.05) is 18.9 Å². The van der Waals surface area contributed by atoms with Crippen LogP contribution < -0.4 is 10.2 Å². The molecule has 8 nitrogen and oxygen atoms in total. The molecule has 0 radical (unpaired) electrons. The van der Waals surface area contributed by atoms with Gasteiger partial charge in [0.05, 0.1) is 17.8 Å². The number of nitrogens with one attached hydrogen (secondary N) is 1. The third kappa shape index (κ3) is 3.42. The molecule has 0 aromatic carbocycles. The van der Waals surface area contributed by atoms with Crippen LogP contribution in [0.5, 0.6) is 0 Å². The smallest absolute Gasteiger partial charge is 0.415 e. The lowest BCUT2D eigenvalue weighted by molar-refractivity contribution is 0.177. The molecule has 1 aliphatic heterocycles. The van der Waals surface area contributed by atoms with Gasteiger partial charge >= 0.3 is 6.09 Å². The molecule has 3 rings (SSSR count). The summed E-state index contributed by atoms with van der Waals surface area (Å²) in [5.74, 6) is 1.29. The van der Waals surface area contributed by atoms with Gasteiger partial charge in [-0.05, 0) is 31.9 Å². The van der Waals surface area contributed by atoms with E-state index in [1.807, 2.05) is 24.6 Å². The third-order valence-electron chi connectivity index (χ3n) is 4.40. The molecule has 0 bridgehead atoms. The molecule has 3 heterocycles. The zero-order valence-electron chi connectivity index (χ0n) is 15.0. The normalized spacial score (nSPS) is 18.5. The van der Waals surface area contributed by atoms with Crippen LogP contribution in [-0.2, 0) is 11.3 Å². The van der Waals surface area contributed by atoms with Crippen LogP contribution >= 0.6 is 0 Å². The van der Waals surface area contributed by atoms with Gasteiger partial charge in [-0.2, -0.15) is 10.1 Å². The Balaban J connectivity index is 1.81. The second kappa shape index (κ2) is 7.08. The highest BCUT2D eigenvalue weighted by Gasteiger charge is 2.37. The third-order valence-corrected chi connectivity index (χ3v) is 4.40.